The summed E-state index contributed by atoms with van der Waals surface area (Å²) in [5.41, 5.74) is 2.09. The number of nitrogens with zero attached hydrogens (tertiary/aromatic N) is 7. The Morgan fingerprint density at radius 1 is 1.30 bits per heavy atom. The third kappa shape index (κ3) is 3.43. The number of anilines is 1. The molecule has 27 heavy (non-hydrogen) atoms. The summed E-state index contributed by atoms with van der Waals surface area (Å²) in [5.74, 6) is 2.02. The molecular formula is C19H24ClN7. The van der Waals surface area contributed by atoms with Crippen LogP contribution in [0.3, 0.4) is 0 Å². The zero-order valence-corrected chi connectivity index (χ0v) is 16.6. The number of aryl methyl sites for hydroxylation is 1. The first-order valence-electron chi connectivity index (χ1n) is 9.35. The van der Waals surface area contributed by atoms with Gasteiger partial charge in [0.1, 0.15) is 17.3 Å². The van der Waals surface area contributed by atoms with E-state index in [2.05, 4.69) is 33.8 Å². The van der Waals surface area contributed by atoms with E-state index >= 15 is 0 Å². The van der Waals surface area contributed by atoms with E-state index in [-0.39, 0.29) is 6.04 Å². The maximum atomic E-state index is 6.74. The lowest BCUT2D eigenvalue weighted by Crippen LogP contribution is -2.25. The molecule has 0 radical (unpaired) electrons. The second kappa shape index (κ2) is 7.31. The average molecular weight is 386 g/mol. The van der Waals surface area contributed by atoms with Crippen LogP contribution in [0.25, 0.3) is 5.82 Å². The van der Waals surface area contributed by atoms with Crippen molar-refractivity contribution < 1.29 is 0 Å². The van der Waals surface area contributed by atoms with Crippen LogP contribution in [0.2, 0.25) is 5.15 Å². The van der Waals surface area contributed by atoms with Gasteiger partial charge in [0.2, 0.25) is 5.95 Å². The van der Waals surface area contributed by atoms with E-state index < -0.39 is 0 Å². The number of hydrogen-bond donors (Lipinski definition) is 0. The van der Waals surface area contributed by atoms with Crippen molar-refractivity contribution >= 4 is 17.5 Å². The normalized spacial score (nSPS) is 17.2. The van der Waals surface area contributed by atoms with E-state index in [9.17, 15) is 0 Å². The molecular weight excluding hydrogens is 362 g/mol. The highest BCUT2D eigenvalue weighted by atomic mass is 35.5. The predicted molar refractivity (Wildman–Crippen MR) is 105 cm³/mol. The fourth-order valence-electron chi connectivity index (χ4n) is 3.73. The molecule has 4 heterocycles. The molecule has 0 bridgehead atoms. The van der Waals surface area contributed by atoms with E-state index in [1.54, 1.807) is 18.7 Å². The number of hydrogen-bond acceptors (Lipinski definition) is 5. The van der Waals surface area contributed by atoms with Gasteiger partial charge < -0.3 is 4.90 Å². The lowest BCUT2D eigenvalue weighted by atomic mass is 10.1. The van der Waals surface area contributed by atoms with Gasteiger partial charge in [-0.15, -0.1) is 0 Å². The molecule has 0 aliphatic carbocycles. The molecule has 8 heteroatoms. The zero-order valence-electron chi connectivity index (χ0n) is 15.9. The number of rotatable bonds is 5. The van der Waals surface area contributed by atoms with Crippen LogP contribution < -0.4 is 4.90 Å². The summed E-state index contributed by atoms with van der Waals surface area (Å²) in [6, 6.07) is 2.03. The van der Waals surface area contributed by atoms with Gasteiger partial charge >= 0.3 is 0 Å². The molecule has 1 aliphatic rings. The smallest absolute Gasteiger partial charge is 0.227 e. The van der Waals surface area contributed by atoms with Gasteiger partial charge in [-0.25, -0.2) is 9.97 Å². The van der Waals surface area contributed by atoms with Gasteiger partial charge in [-0.2, -0.15) is 10.1 Å². The summed E-state index contributed by atoms with van der Waals surface area (Å²) >= 11 is 6.74. The highest BCUT2D eigenvalue weighted by Crippen LogP contribution is 2.39. The Hall–Kier alpha value is -2.41. The summed E-state index contributed by atoms with van der Waals surface area (Å²) in [5, 5.41) is 5.43. The zero-order chi connectivity index (χ0) is 19.0. The Labute approximate surface area is 164 Å². The largest absolute Gasteiger partial charge is 0.334 e. The molecule has 0 amide bonds. The van der Waals surface area contributed by atoms with E-state index in [1.807, 2.05) is 28.4 Å². The van der Waals surface area contributed by atoms with Crippen LogP contribution >= 0.6 is 11.6 Å². The molecule has 1 unspecified atom stereocenters. The van der Waals surface area contributed by atoms with Crippen molar-refractivity contribution in [3.63, 3.8) is 0 Å². The lowest BCUT2D eigenvalue weighted by molar-refractivity contribution is 0.481. The third-order valence-corrected chi connectivity index (χ3v) is 5.29. The van der Waals surface area contributed by atoms with Gasteiger partial charge in [-0.05, 0) is 31.7 Å². The van der Waals surface area contributed by atoms with E-state index in [1.165, 1.54) is 0 Å². The minimum absolute atomic E-state index is 0.149. The Morgan fingerprint density at radius 3 is 2.89 bits per heavy atom. The monoisotopic (exact) mass is 385 g/mol. The summed E-state index contributed by atoms with van der Waals surface area (Å²) in [4.78, 5) is 15.6. The molecule has 1 atom stereocenters. The average Bonchev–Trinajstić information content (AvgIpc) is 3.37. The number of imidazole rings is 1. The van der Waals surface area contributed by atoms with Crippen molar-refractivity contribution in [1.29, 1.82) is 0 Å². The van der Waals surface area contributed by atoms with Crippen LogP contribution in [0.4, 0.5) is 5.95 Å². The highest BCUT2D eigenvalue weighted by Gasteiger charge is 2.33. The molecule has 0 N–H and O–H groups in total. The summed E-state index contributed by atoms with van der Waals surface area (Å²) in [6.45, 7) is 8.11. The van der Waals surface area contributed by atoms with E-state index in [0.29, 0.717) is 5.92 Å². The quantitative estimate of drug-likeness (QED) is 0.668. The SMILES string of the molecule is Cc1nn(CC(C)C)c(Cl)c1C1CCCN1c1nccc(-n2ccnc2)n1. The molecule has 0 saturated carbocycles. The van der Waals surface area contributed by atoms with Crippen LogP contribution in [0.1, 0.15) is 44.0 Å². The van der Waals surface area contributed by atoms with Gasteiger partial charge in [0.05, 0.1) is 11.7 Å². The molecule has 3 aromatic heterocycles. The Kier molecular flexibility index (Phi) is 4.86. The van der Waals surface area contributed by atoms with Crippen molar-refractivity contribution in [1.82, 2.24) is 29.3 Å². The van der Waals surface area contributed by atoms with E-state index in [0.717, 1.165) is 54.1 Å². The third-order valence-electron chi connectivity index (χ3n) is 4.89. The first-order chi connectivity index (χ1) is 13.0. The topological polar surface area (TPSA) is 64.7 Å². The fraction of sp³-hybridized carbons (Fsp3) is 0.474. The van der Waals surface area contributed by atoms with Crippen molar-refractivity contribution in [2.24, 2.45) is 5.92 Å². The maximum absolute atomic E-state index is 6.74. The van der Waals surface area contributed by atoms with Crippen molar-refractivity contribution in [3.05, 3.63) is 47.4 Å². The van der Waals surface area contributed by atoms with Crippen molar-refractivity contribution in [2.45, 2.75) is 46.2 Å². The van der Waals surface area contributed by atoms with Gasteiger partial charge in [0.25, 0.3) is 0 Å². The maximum Gasteiger partial charge on any atom is 0.227 e. The molecule has 142 valence electrons. The Morgan fingerprint density at radius 2 is 2.15 bits per heavy atom. The summed E-state index contributed by atoms with van der Waals surface area (Å²) in [6.07, 6.45) is 9.26. The summed E-state index contributed by atoms with van der Waals surface area (Å²) in [7, 11) is 0. The van der Waals surface area contributed by atoms with Crippen LogP contribution in [-0.4, -0.2) is 35.8 Å². The van der Waals surface area contributed by atoms with E-state index in [4.69, 9.17) is 16.6 Å². The van der Waals surface area contributed by atoms with Crippen LogP contribution in [0.15, 0.2) is 31.0 Å². The second-order valence-corrected chi connectivity index (χ2v) is 7.76. The molecule has 0 spiro atoms. The van der Waals surface area contributed by atoms with Crippen molar-refractivity contribution in [3.8, 4) is 5.82 Å². The minimum atomic E-state index is 0.149. The predicted octanol–water partition coefficient (Wildman–Crippen LogP) is 3.82. The molecule has 3 aromatic rings. The molecule has 1 saturated heterocycles. The standard InChI is InChI=1S/C19H24ClN7/c1-13(2)11-27-18(20)17(14(3)24-27)15-5-4-9-26(15)19-22-7-6-16(23-19)25-10-8-21-12-25/h6-8,10,12-13,15H,4-5,9,11H2,1-3H3. The van der Waals surface area contributed by atoms with Crippen molar-refractivity contribution in [2.75, 3.05) is 11.4 Å². The van der Waals surface area contributed by atoms with Crippen LogP contribution in [-0.2, 0) is 6.54 Å². The Bertz CT molecular complexity index is 916. The number of aromatic nitrogens is 6. The minimum Gasteiger partial charge on any atom is -0.334 e. The van der Waals surface area contributed by atoms with Crippen LogP contribution in [0.5, 0.6) is 0 Å². The summed E-state index contributed by atoms with van der Waals surface area (Å²) < 4.78 is 3.81. The van der Waals surface area contributed by atoms with Gasteiger partial charge in [-0.3, -0.25) is 9.25 Å². The first kappa shape index (κ1) is 18.0. The van der Waals surface area contributed by atoms with Gasteiger partial charge in [-0.1, -0.05) is 25.4 Å². The highest BCUT2D eigenvalue weighted by molar-refractivity contribution is 6.30. The van der Waals surface area contributed by atoms with Crippen LogP contribution in [0, 0.1) is 12.8 Å². The fourth-order valence-corrected chi connectivity index (χ4v) is 4.10. The lowest BCUT2D eigenvalue weighted by Gasteiger charge is -2.25. The number of halogens is 1. The molecule has 4 rings (SSSR count). The molecule has 7 nitrogen and oxygen atoms in total. The molecule has 0 aromatic carbocycles. The second-order valence-electron chi connectivity index (χ2n) is 7.40. The Balaban J connectivity index is 1.68. The molecule has 1 fully saturated rings. The van der Waals surface area contributed by atoms with Gasteiger partial charge in [0.15, 0.2) is 0 Å². The molecule has 1 aliphatic heterocycles. The first-order valence-corrected chi connectivity index (χ1v) is 9.73. The van der Waals surface area contributed by atoms with Gasteiger partial charge in [0, 0.05) is 37.2 Å².